The number of nitro benzene ring substituents is 1. The fourth-order valence-corrected chi connectivity index (χ4v) is 1.73. The van der Waals surface area contributed by atoms with Crippen molar-refractivity contribution in [2.45, 2.75) is 6.30 Å². The van der Waals surface area contributed by atoms with E-state index in [0.29, 0.717) is 0 Å². The normalized spacial score (nSPS) is 11.6. The van der Waals surface area contributed by atoms with Crippen LogP contribution in [0.15, 0.2) is 18.2 Å². The van der Waals surface area contributed by atoms with Crippen LogP contribution in [0.2, 0.25) is 0 Å². The number of aromatic amines is 1. The molecule has 0 saturated carbocycles. The molecule has 1 heterocycles. The summed E-state index contributed by atoms with van der Waals surface area (Å²) in [4.78, 5) is 23.0. The molecular formula is C10H6F3N3O4. The number of benzene rings is 1. The van der Waals surface area contributed by atoms with E-state index in [1.165, 1.54) is 5.32 Å². The number of aromatic carboxylic acids is 1. The average Bonchev–Trinajstić information content (AvgIpc) is 2.71. The number of alkyl halides is 3. The third kappa shape index (κ3) is 2.48. The number of anilines is 1. The highest BCUT2D eigenvalue weighted by Gasteiger charge is 2.29. The number of carbonyl (C=O) groups is 1. The van der Waals surface area contributed by atoms with E-state index >= 15 is 0 Å². The van der Waals surface area contributed by atoms with Gasteiger partial charge in [0.25, 0.3) is 5.69 Å². The Balaban J connectivity index is 2.70. The molecule has 0 unspecified atom stereocenters. The summed E-state index contributed by atoms with van der Waals surface area (Å²) in [6, 6.07) is 2.63. The monoisotopic (exact) mass is 289 g/mol. The number of nitrogens with zero attached hydrogens (tertiary/aromatic N) is 1. The van der Waals surface area contributed by atoms with Crippen molar-refractivity contribution in [1.82, 2.24) is 4.98 Å². The molecule has 0 saturated heterocycles. The highest BCUT2D eigenvalue weighted by atomic mass is 19.4. The van der Waals surface area contributed by atoms with Gasteiger partial charge in [-0.1, -0.05) is 0 Å². The molecule has 3 N–H and O–H groups in total. The molecule has 1 aromatic heterocycles. The van der Waals surface area contributed by atoms with Gasteiger partial charge >= 0.3 is 12.3 Å². The zero-order valence-electron chi connectivity index (χ0n) is 9.49. The van der Waals surface area contributed by atoms with Gasteiger partial charge in [-0.2, -0.15) is 13.2 Å². The van der Waals surface area contributed by atoms with Gasteiger partial charge in [-0.3, -0.25) is 15.4 Å². The predicted octanol–water partition coefficient (Wildman–Crippen LogP) is 2.71. The summed E-state index contributed by atoms with van der Waals surface area (Å²) in [5.41, 5.74) is -1.72. The van der Waals surface area contributed by atoms with Crippen LogP contribution < -0.4 is 5.32 Å². The van der Waals surface area contributed by atoms with Gasteiger partial charge in [0, 0.05) is 11.5 Å². The van der Waals surface area contributed by atoms with Gasteiger partial charge in [0.1, 0.15) is 11.2 Å². The molecule has 0 bridgehead atoms. The average molecular weight is 289 g/mol. The molecule has 20 heavy (non-hydrogen) atoms. The number of carboxylic acid groups (broad SMARTS) is 1. The number of rotatable bonds is 3. The molecule has 0 aliphatic rings. The number of hydrogen-bond donors (Lipinski definition) is 3. The lowest BCUT2D eigenvalue weighted by Gasteiger charge is -2.10. The van der Waals surface area contributed by atoms with Crippen molar-refractivity contribution in [2.75, 3.05) is 5.32 Å². The molecule has 7 nitrogen and oxygen atoms in total. The van der Waals surface area contributed by atoms with Crippen LogP contribution in [0.1, 0.15) is 10.5 Å². The molecule has 0 aliphatic heterocycles. The van der Waals surface area contributed by atoms with E-state index < -0.39 is 34.3 Å². The molecule has 0 spiro atoms. The minimum absolute atomic E-state index is 0.228. The summed E-state index contributed by atoms with van der Waals surface area (Å²) < 4.78 is 37.0. The zero-order valence-corrected chi connectivity index (χ0v) is 9.49. The van der Waals surface area contributed by atoms with Crippen molar-refractivity contribution in [3.63, 3.8) is 0 Å². The summed E-state index contributed by atoms with van der Waals surface area (Å²) in [5.74, 6) is -1.44. The lowest BCUT2D eigenvalue weighted by Crippen LogP contribution is -2.20. The number of fused-ring (bicyclic) bond motifs is 1. The number of non-ortho nitro benzene ring substituents is 1. The minimum atomic E-state index is -4.75. The Kier molecular flexibility index (Phi) is 3.00. The number of halogens is 3. The fraction of sp³-hybridized carbons (Fsp3) is 0.100. The lowest BCUT2D eigenvalue weighted by atomic mass is 10.2. The third-order valence-electron chi connectivity index (χ3n) is 2.48. The first kappa shape index (κ1) is 13.6. The standard InChI is InChI=1S/C10H6F3N3O4/c11-10(12,13)15-5-1-2-7(16(19)20)8-4(5)3-6(14-8)9(17)18/h1-3,14-15H,(H,17,18). The van der Waals surface area contributed by atoms with Crippen LogP contribution in [0.4, 0.5) is 24.5 Å². The molecular weight excluding hydrogens is 283 g/mol. The summed E-state index contributed by atoms with van der Waals surface area (Å²) in [5, 5.41) is 20.6. The van der Waals surface area contributed by atoms with Crippen molar-refractivity contribution < 1.29 is 28.0 Å². The van der Waals surface area contributed by atoms with Gasteiger partial charge in [-0.15, -0.1) is 0 Å². The Morgan fingerprint density at radius 2 is 2.05 bits per heavy atom. The van der Waals surface area contributed by atoms with E-state index in [4.69, 9.17) is 5.11 Å². The Bertz CT molecular complexity index is 708. The van der Waals surface area contributed by atoms with Crippen LogP contribution in [-0.2, 0) is 0 Å². The largest absolute Gasteiger partial charge is 0.482 e. The third-order valence-corrected chi connectivity index (χ3v) is 2.48. The van der Waals surface area contributed by atoms with E-state index in [1.807, 2.05) is 0 Å². The van der Waals surface area contributed by atoms with Crippen molar-refractivity contribution >= 4 is 28.2 Å². The SMILES string of the molecule is O=C(O)c1cc2c(NC(F)(F)F)ccc([N+](=O)[O-])c2[nH]1. The van der Waals surface area contributed by atoms with Gasteiger partial charge < -0.3 is 10.1 Å². The van der Waals surface area contributed by atoms with Crippen LogP contribution >= 0.6 is 0 Å². The van der Waals surface area contributed by atoms with Crippen molar-refractivity contribution in [2.24, 2.45) is 0 Å². The summed E-state index contributed by atoms with van der Waals surface area (Å²) in [7, 11) is 0. The van der Waals surface area contributed by atoms with Crippen LogP contribution in [0, 0.1) is 10.1 Å². The number of nitrogens with one attached hydrogen (secondary N) is 2. The number of aromatic nitrogens is 1. The topological polar surface area (TPSA) is 108 Å². The zero-order chi connectivity index (χ0) is 15.1. The van der Waals surface area contributed by atoms with Crippen molar-refractivity contribution in [3.8, 4) is 0 Å². The number of nitro groups is 1. The number of H-pyrrole nitrogens is 1. The summed E-state index contributed by atoms with van der Waals surface area (Å²) in [6.45, 7) is 0. The van der Waals surface area contributed by atoms with Gasteiger partial charge in [0.15, 0.2) is 0 Å². The van der Waals surface area contributed by atoms with Crippen molar-refractivity contribution in [3.05, 3.63) is 34.0 Å². The minimum Gasteiger partial charge on any atom is -0.477 e. The Morgan fingerprint density at radius 1 is 1.40 bits per heavy atom. The highest BCUT2D eigenvalue weighted by Crippen LogP contribution is 2.34. The molecule has 0 radical (unpaired) electrons. The quantitative estimate of drug-likeness (QED) is 0.457. The van der Waals surface area contributed by atoms with E-state index in [2.05, 4.69) is 4.98 Å². The van der Waals surface area contributed by atoms with Crippen LogP contribution in [0.5, 0.6) is 0 Å². The summed E-state index contributed by atoms with van der Waals surface area (Å²) >= 11 is 0. The van der Waals surface area contributed by atoms with E-state index in [-0.39, 0.29) is 10.9 Å². The second-order valence-electron chi connectivity index (χ2n) is 3.79. The second kappa shape index (κ2) is 4.40. The van der Waals surface area contributed by atoms with Crippen LogP contribution in [-0.4, -0.2) is 27.3 Å². The van der Waals surface area contributed by atoms with Gasteiger partial charge in [0.05, 0.1) is 10.6 Å². The van der Waals surface area contributed by atoms with Crippen LogP contribution in [0.3, 0.4) is 0 Å². The fourth-order valence-electron chi connectivity index (χ4n) is 1.73. The molecule has 0 fully saturated rings. The first-order valence-corrected chi connectivity index (χ1v) is 5.07. The maximum Gasteiger partial charge on any atom is 0.482 e. The van der Waals surface area contributed by atoms with Gasteiger partial charge in [-0.05, 0) is 12.1 Å². The van der Waals surface area contributed by atoms with Crippen molar-refractivity contribution in [1.29, 1.82) is 0 Å². The Hall–Kier alpha value is -2.78. The molecule has 2 aromatic rings. The maximum atomic E-state index is 12.3. The first-order valence-electron chi connectivity index (χ1n) is 5.07. The molecule has 2 rings (SSSR count). The van der Waals surface area contributed by atoms with Crippen LogP contribution in [0.25, 0.3) is 10.9 Å². The predicted molar refractivity (Wildman–Crippen MR) is 61.6 cm³/mol. The summed E-state index contributed by atoms with van der Waals surface area (Å²) in [6.07, 6.45) is -4.75. The molecule has 106 valence electrons. The van der Waals surface area contributed by atoms with Gasteiger partial charge in [0.2, 0.25) is 0 Å². The molecule has 0 aliphatic carbocycles. The number of hydrogen-bond acceptors (Lipinski definition) is 4. The molecule has 0 atom stereocenters. The Labute approximate surface area is 108 Å². The highest BCUT2D eigenvalue weighted by molar-refractivity contribution is 6.03. The molecule has 1 aromatic carbocycles. The van der Waals surface area contributed by atoms with E-state index in [1.54, 1.807) is 0 Å². The smallest absolute Gasteiger partial charge is 0.477 e. The van der Waals surface area contributed by atoms with E-state index in [0.717, 1.165) is 18.2 Å². The van der Waals surface area contributed by atoms with E-state index in [9.17, 15) is 28.1 Å². The number of carboxylic acids is 1. The van der Waals surface area contributed by atoms with Gasteiger partial charge in [-0.25, -0.2) is 4.79 Å². The lowest BCUT2D eigenvalue weighted by molar-refractivity contribution is -0.383. The Morgan fingerprint density at radius 3 is 2.55 bits per heavy atom. The second-order valence-corrected chi connectivity index (χ2v) is 3.79. The maximum absolute atomic E-state index is 12.3. The molecule has 0 amide bonds. The first-order chi connectivity index (χ1) is 9.19. The molecule has 10 heteroatoms.